The Bertz CT molecular complexity index is 3450. The van der Waals surface area contributed by atoms with Crippen molar-refractivity contribution in [1.82, 2.24) is 104 Å². The van der Waals surface area contributed by atoms with E-state index >= 15 is 0 Å². The molecular formula is C92H187N23O16S. The maximum Gasteiger partial charge on any atom is 0.362 e. The second kappa shape index (κ2) is 70.4. The molecule has 10 rings (SSSR count). The molecule has 7 atom stereocenters. The van der Waals surface area contributed by atoms with Crippen LogP contribution in [0.2, 0.25) is 0 Å². The van der Waals surface area contributed by atoms with Gasteiger partial charge in [0.25, 0.3) is 5.91 Å². The Morgan fingerprint density at radius 2 is 1.09 bits per heavy atom. The molecule has 19 N–H and O–H groups in total. The zero-order valence-electron chi connectivity index (χ0n) is 86.3. The number of tetrazole rings is 1. The first-order valence-electron chi connectivity index (χ1n) is 48.4. The number of aliphatic hydroxyl groups is 4. The van der Waals surface area contributed by atoms with Crippen molar-refractivity contribution >= 4 is 62.6 Å². The molecule has 7 heterocycles. The maximum atomic E-state index is 11.6. The van der Waals surface area contributed by atoms with Gasteiger partial charge in [-0.2, -0.15) is 9.80 Å². The van der Waals surface area contributed by atoms with Gasteiger partial charge in [0, 0.05) is 188 Å². The van der Waals surface area contributed by atoms with Crippen LogP contribution in [0.5, 0.6) is 0 Å². The van der Waals surface area contributed by atoms with Gasteiger partial charge in [-0.05, 0) is 179 Å². The van der Waals surface area contributed by atoms with Crippen LogP contribution in [0.15, 0.2) is 20.2 Å². The van der Waals surface area contributed by atoms with E-state index < -0.39 is 45.0 Å². The second-order valence-corrected chi connectivity index (χ2v) is 42.1. The number of sulfone groups is 1. The van der Waals surface area contributed by atoms with Crippen molar-refractivity contribution in [2.24, 2.45) is 38.6 Å². The lowest BCUT2D eigenvalue weighted by atomic mass is 9.58. The number of carbonyl (C=O) groups is 8. The fourth-order valence-corrected chi connectivity index (χ4v) is 15.5. The van der Waals surface area contributed by atoms with E-state index in [0.29, 0.717) is 141 Å². The first-order valence-corrected chi connectivity index (χ1v) is 50.5. The number of nitrogens with zero attached hydrogens (tertiary/aromatic N) is 9. The summed E-state index contributed by atoms with van der Waals surface area (Å²) in [5, 5.41) is 102. The molecule has 5 amide bonds. The summed E-state index contributed by atoms with van der Waals surface area (Å²) in [7, 11) is -1.33. The van der Waals surface area contributed by atoms with Gasteiger partial charge in [0.05, 0.1) is 50.4 Å². The number of H-pyrrole nitrogens is 1. The number of nitrogens with one attached hydrogen (secondary N) is 14. The van der Waals surface area contributed by atoms with Gasteiger partial charge in [-0.1, -0.05) is 118 Å². The highest BCUT2D eigenvalue weighted by molar-refractivity contribution is 7.91. The number of Topliss-reactive ketones (excluding diaryl/α,β-unsaturated/α-hetero) is 3. The number of imide groups is 1. The molecule has 772 valence electrons. The van der Waals surface area contributed by atoms with Crippen LogP contribution in [-0.4, -0.2) is 347 Å². The zero-order valence-corrected chi connectivity index (χ0v) is 87.2. The number of hydrogen-bond acceptors (Lipinski definition) is 32. The molecule has 8 fully saturated rings. The molecule has 40 heteroatoms. The predicted octanol–water partition coefficient (Wildman–Crippen LogP) is 4.62. The van der Waals surface area contributed by atoms with Crippen molar-refractivity contribution in [3.05, 3.63) is 10.5 Å². The summed E-state index contributed by atoms with van der Waals surface area (Å²) in [5.74, 6) is 1.59. The van der Waals surface area contributed by atoms with E-state index in [1.165, 1.54) is 37.5 Å². The van der Waals surface area contributed by atoms with Crippen molar-refractivity contribution in [3.8, 4) is 0 Å². The first-order chi connectivity index (χ1) is 61.5. The Hall–Kier alpha value is -6.19. The molecule has 5 saturated heterocycles. The fraction of sp³-hybridized carbons (Fsp3) is 0.891. The highest BCUT2D eigenvalue weighted by atomic mass is 32.2. The molecule has 3 saturated carbocycles. The van der Waals surface area contributed by atoms with Gasteiger partial charge in [0.15, 0.2) is 15.6 Å². The molecule has 2 unspecified atom stereocenters. The summed E-state index contributed by atoms with van der Waals surface area (Å²) in [5.41, 5.74) is 0.872. The Morgan fingerprint density at radius 1 is 0.606 bits per heavy atom. The zero-order chi connectivity index (χ0) is 101. The Labute approximate surface area is 792 Å². The summed E-state index contributed by atoms with van der Waals surface area (Å²) in [6.07, 6.45) is 13.5. The van der Waals surface area contributed by atoms with Crippen molar-refractivity contribution in [1.29, 1.82) is 0 Å². The Kier molecular flexibility index (Phi) is 68.2. The molecule has 0 bridgehead atoms. The normalized spacial score (nSPS) is 20.7. The number of hydrogen-bond donors (Lipinski definition) is 19. The third kappa shape index (κ3) is 64.8. The number of carbonyl (C=O) groups excluding carboxylic acids is 7. The van der Waals surface area contributed by atoms with Gasteiger partial charge in [-0.25, -0.2) is 23.1 Å². The van der Waals surface area contributed by atoms with Crippen LogP contribution in [0, 0.1) is 23.2 Å². The third-order valence-electron chi connectivity index (χ3n) is 22.0. The molecule has 1 aromatic rings. The van der Waals surface area contributed by atoms with Gasteiger partial charge in [-0.3, -0.25) is 54.0 Å². The maximum absolute atomic E-state index is 11.6. The van der Waals surface area contributed by atoms with E-state index in [-0.39, 0.29) is 67.8 Å². The number of aliphatic carboxylic acids is 1. The highest BCUT2D eigenvalue weighted by Gasteiger charge is 2.52. The number of likely N-dealkylation sites (tertiary alicyclic amines) is 2. The summed E-state index contributed by atoms with van der Waals surface area (Å²) >= 11 is 0. The second-order valence-electron chi connectivity index (χ2n) is 39.9. The van der Waals surface area contributed by atoms with Crippen LogP contribution in [0.3, 0.4) is 0 Å². The molecule has 0 radical (unpaired) electrons. The van der Waals surface area contributed by atoms with E-state index in [2.05, 4.69) is 246 Å². The summed E-state index contributed by atoms with van der Waals surface area (Å²) in [6, 6.07) is 5.07. The molecule has 9 aliphatic rings. The SMILES string of the molecule is CC(C)N(C)CCCC(=O)O.CC(C)N1CCC2(C1)NC(=O)NC2=O.CC(C)NC(CO)CO.CC(C)NC1CCC(=O)NC1.CC(C)NCC1=NN=NC1.CC(C)NCCO.CC(C)NC[C@@H]1CCC(=O)C1.CC(C)NC[C@H]1CCC(=O)C1.CC(C)NCn1nn[nH]c1=O.CC(C)N[C@H](C(=O)CS(C)(=O)=O)[C@@H](C)O.CC(C)N[C@H]1CCC(=O)NC1.CC1CC2(C1)CN(C(C)C)C2. The molecule has 2 spiro atoms. The average Bonchev–Trinajstić information content (AvgIpc) is 1.10. The summed E-state index contributed by atoms with van der Waals surface area (Å²) < 4.78 is 23.1. The minimum absolute atomic E-state index is 0.00528. The number of ketones is 3. The predicted molar refractivity (Wildman–Crippen MR) is 527 cm³/mol. The molecule has 39 nitrogen and oxygen atoms in total. The van der Waals surface area contributed by atoms with Gasteiger partial charge in [0.1, 0.15) is 29.4 Å². The average molecular weight is 1900 g/mol. The van der Waals surface area contributed by atoms with E-state index in [4.69, 9.17) is 20.4 Å². The topological polar surface area (TPSA) is 539 Å². The van der Waals surface area contributed by atoms with Gasteiger partial charge in [-0.15, -0.1) is 5.10 Å². The van der Waals surface area contributed by atoms with Crippen LogP contribution in [0.4, 0.5) is 4.79 Å². The smallest absolute Gasteiger partial charge is 0.362 e. The van der Waals surface area contributed by atoms with Crippen molar-refractivity contribution < 1.29 is 72.3 Å². The van der Waals surface area contributed by atoms with Gasteiger partial charge < -0.3 is 88.9 Å². The molecule has 3 aliphatic carbocycles. The number of rotatable bonds is 36. The number of carboxylic acid groups (broad SMARTS) is 1. The van der Waals surface area contributed by atoms with E-state index in [1.807, 2.05) is 48.6 Å². The van der Waals surface area contributed by atoms with Crippen LogP contribution >= 0.6 is 0 Å². The summed E-state index contributed by atoms with van der Waals surface area (Å²) in [4.78, 5) is 105. The van der Waals surface area contributed by atoms with E-state index in [1.54, 1.807) is 0 Å². The van der Waals surface area contributed by atoms with Crippen molar-refractivity contribution in [2.45, 2.75) is 391 Å². The van der Waals surface area contributed by atoms with Crippen LogP contribution in [-0.2, 0) is 50.1 Å². The first kappa shape index (κ1) is 128. The van der Waals surface area contributed by atoms with Crippen LogP contribution < -0.4 is 74.8 Å². The minimum Gasteiger partial charge on any atom is -0.481 e. The van der Waals surface area contributed by atoms with Crippen LogP contribution in [0.25, 0.3) is 0 Å². The fourth-order valence-electron chi connectivity index (χ4n) is 14.8. The number of urea groups is 1. The lowest BCUT2D eigenvalue weighted by Crippen LogP contribution is -2.63. The van der Waals surface area contributed by atoms with Crippen molar-refractivity contribution in [3.63, 3.8) is 0 Å². The van der Waals surface area contributed by atoms with Gasteiger partial charge >= 0.3 is 17.7 Å². The van der Waals surface area contributed by atoms with Gasteiger partial charge in [0.2, 0.25) is 11.8 Å². The minimum atomic E-state index is -3.34. The number of carboxylic acids is 1. The molecule has 0 aromatic carbocycles. The monoisotopic (exact) mass is 1900 g/mol. The highest BCUT2D eigenvalue weighted by Crippen LogP contribution is 2.52. The lowest BCUT2D eigenvalue weighted by Gasteiger charge is -2.60. The van der Waals surface area contributed by atoms with E-state index in [0.717, 1.165) is 133 Å². The molecular weight excluding hydrogens is 1720 g/mol. The molecule has 1 aromatic heterocycles. The Morgan fingerprint density at radius 3 is 1.39 bits per heavy atom. The lowest BCUT2D eigenvalue weighted by molar-refractivity contribution is -0.137. The standard InChI is InChI=1S/C10H19N.C9H15N3O2.C9H19NO4S.2C9H17NO.2C8H16N2O.C8H17NO2.C6H12N4.C6H15NO2.C5H11N5O.C5H13NO/c1-8(2)11-6-10(7-11)4-9(3)5-10;1-6(2)12-4-3-9(5-12)7(13)10-8(14)11-9;1-6(2)10-9(7(3)11)8(12)5-15(4,13)14;2*1-7(2)10-6-8-3-4-9(11)5-8;2*1-6(2)10-7-3-4-8(11)9-5-7;1-7(2)9(3)6-4-5-8(10)11;1-5(2)7-3-6-4-8-10-9-6;1-5(2)7-6(3-8)4-9;1-4(2)6-3-10-5(11)7-8-9-10;1-5(2)6-3-4-7/h8-9H,4-7H2,1-3H3;6H,3-5H2,1-2H3,(H2,10,11,13,14);6-7,9-11H,5H2,1-4H3;2*7-8,10H,3-6H2,1-2H3;2*6-7,10H,3-5H2,1-2H3,(H,9,11);7H,4-6H2,1-3H3,(H,10,11);5,7H,3-4H2,1-2H3;5-9H,3-4H2,1-2H3;4,6H,3H2,1-2H3,(H,7,9,11);5-7H,3-4H2,1-2H3/t;;7-,9+;2*8-;7-;;;;;;/m..1100....../s1. The van der Waals surface area contributed by atoms with E-state index in [9.17, 15) is 56.7 Å². The quantitative estimate of drug-likeness (QED) is 0.0407. The largest absolute Gasteiger partial charge is 0.481 e. The number of aliphatic hydroxyl groups excluding tert-OH is 4. The summed E-state index contributed by atoms with van der Waals surface area (Å²) in [6.45, 7) is 65.3. The number of aromatic nitrogens is 4. The molecule has 132 heavy (non-hydrogen) atoms. The number of amides is 5. The van der Waals surface area contributed by atoms with Crippen molar-refractivity contribution in [2.75, 3.05) is 117 Å². The van der Waals surface area contributed by atoms with Crippen LogP contribution in [0.1, 0.15) is 276 Å². The molecule has 6 aliphatic heterocycles. The number of aromatic amines is 1. The third-order valence-corrected chi connectivity index (χ3v) is 22.8. The number of piperidine rings is 2. The Balaban J connectivity index is 0.